The van der Waals surface area contributed by atoms with Gasteiger partial charge in [0.2, 0.25) is 0 Å². The highest BCUT2D eigenvalue weighted by molar-refractivity contribution is 7.09. The van der Waals surface area contributed by atoms with E-state index in [1.807, 2.05) is 61.7 Å². The number of carbonyl (C=O) groups is 3. The van der Waals surface area contributed by atoms with E-state index in [0.29, 0.717) is 22.7 Å². The predicted octanol–water partition coefficient (Wildman–Crippen LogP) is 6.29. The van der Waals surface area contributed by atoms with Crippen LogP contribution in [-0.4, -0.2) is 63.4 Å². The number of carbonyl (C=O) groups excluding carboxylic acids is 3. The maximum Gasteiger partial charge on any atom is 0.339 e. The maximum atomic E-state index is 13.3. The summed E-state index contributed by atoms with van der Waals surface area (Å²) in [7, 11) is 0. The summed E-state index contributed by atoms with van der Waals surface area (Å²) >= 11 is 1.37. The van der Waals surface area contributed by atoms with Gasteiger partial charge in [-0.25, -0.2) is 9.78 Å². The molecule has 2 saturated heterocycles. The first-order valence-corrected chi connectivity index (χ1v) is 17.3. The lowest BCUT2D eigenvalue weighted by Gasteiger charge is -2.34. The Bertz CT molecular complexity index is 1620. The van der Waals surface area contributed by atoms with Gasteiger partial charge in [-0.1, -0.05) is 70.5 Å². The van der Waals surface area contributed by atoms with Gasteiger partial charge in [0, 0.05) is 17.7 Å². The zero-order valence-electron chi connectivity index (χ0n) is 27.7. The lowest BCUT2D eigenvalue weighted by Crippen LogP contribution is -2.45. The quantitative estimate of drug-likeness (QED) is 0.239. The van der Waals surface area contributed by atoms with Crippen molar-refractivity contribution in [1.82, 2.24) is 4.98 Å². The van der Waals surface area contributed by atoms with Crippen LogP contribution in [0.1, 0.15) is 87.8 Å². The van der Waals surface area contributed by atoms with E-state index in [-0.39, 0.29) is 36.9 Å². The smallest absolute Gasteiger partial charge is 0.339 e. The van der Waals surface area contributed by atoms with Crippen LogP contribution in [0.3, 0.4) is 0 Å². The van der Waals surface area contributed by atoms with Crippen molar-refractivity contribution in [3.63, 3.8) is 0 Å². The van der Waals surface area contributed by atoms with Crippen LogP contribution in [0.5, 0.6) is 0 Å². The second kappa shape index (κ2) is 14.8. The fourth-order valence-corrected chi connectivity index (χ4v) is 7.06. The molecule has 0 saturated carbocycles. The highest BCUT2D eigenvalue weighted by atomic mass is 32.1. The van der Waals surface area contributed by atoms with E-state index < -0.39 is 41.6 Å². The van der Waals surface area contributed by atoms with Crippen LogP contribution in [0.2, 0.25) is 0 Å². The molecule has 0 bridgehead atoms. The largest absolute Gasteiger partial charge is 0.458 e. The Balaban J connectivity index is 1.27. The molecule has 252 valence electrons. The number of ether oxygens (including phenoxy) is 3. The molecule has 0 radical (unpaired) electrons. The van der Waals surface area contributed by atoms with Crippen LogP contribution in [0, 0.1) is 17.3 Å². The molecule has 1 aromatic heterocycles. The second-order valence-electron chi connectivity index (χ2n) is 13.6. The number of benzene rings is 2. The van der Waals surface area contributed by atoms with Gasteiger partial charge in [-0.05, 0) is 54.2 Å². The topological polar surface area (TPSA) is 136 Å². The zero-order valence-corrected chi connectivity index (χ0v) is 28.5. The molecule has 2 fully saturated rings. The summed E-state index contributed by atoms with van der Waals surface area (Å²) in [5, 5.41) is 26.1. The molecule has 3 heterocycles. The Kier molecular flexibility index (Phi) is 11.0. The molecule has 0 aliphatic carbocycles. The maximum absolute atomic E-state index is 13.3. The van der Waals surface area contributed by atoms with Gasteiger partial charge in [-0.3, -0.25) is 9.59 Å². The number of hydrogen-bond acceptors (Lipinski definition) is 10. The molecule has 2 N–H and O–H groups in total. The Hall–Kier alpha value is -3.44. The summed E-state index contributed by atoms with van der Waals surface area (Å²) in [5.41, 5.74) is 0.648. The lowest BCUT2D eigenvalue weighted by atomic mass is 9.73. The first-order chi connectivity index (χ1) is 22.3. The number of ketones is 1. The summed E-state index contributed by atoms with van der Waals surface area (Å²) < 4.78 is 17.5. The molecule has 7 unspecified atom stereocenters. The molecule has 5 rings (SSSR count). The number of cyclic esters (lactones) is 1. The van der Waals surface area contributed by atoms with Gasteiger partial charge >= 0.3 is 11.9 Å². The number of fused-ring (bicyclic) bond motifs is 2. The van der Waals surface area contributed by atoms with E-state index >= 15 is 0 Å². The Labute approximate surface area is 280 Å². The van der Waals surface area contributed by atoms with E-state index in [4.69, 9.17) is 14.2 Å². The van der Waals surface area contributed by atoms with Gasteiger partial charge < -0.3 is 24.4 Å². The second-order valence-corrected chi connectivity index (χ2v) is 14.5. The molecule has 0 spiro atoms. The SMILES string of the molecule is CC(=Cc1csc(COC(=O)c2cccc3ccccc23)n1)C1CC2OC2CCCC(C)C(O)C(C)C(=O)C(C)(C)C(O)CC(=O)O1. The third kappa shape index (κ3) is 8.35. The highest BCUT2D eigenvalue weighted by Gasteiger charge is 2.44. The van der Waals surface area contributed by atoms with E-state index in [0.717, 1.165) is 35.6 Å². The van der Waals surface area contributed by atoms with Crippen molar-refractivity contribution in [2.75, 3.05) is 0 Å². The molecular weight excluding hydrogens is 618 g/mol. The van der Waals surface area contributed by atoms with E-state index in [9.17, 15) is 24.6 Å². The fourth-order valence-electron chi connectivity index (χ4n) is 6.40. The van der Waals surface area contributed by atoms with Crippen LogP contribution >= 0.6 is 11.3 Å². The number of thiazole rings is 1. The zero-order chi connectivity index (χ0) is 33.9. The van der Waals surface area contributed by atoms with Crippen molar-refractivity contribution in [1.29, 1.82) is 0 Å². The standard InChI is InChI=1S/C37H45NO8S/c1-21-10-8-15-28-30(45-28)17-29(46-33(40)18-31(39)37(4,5)35(42)23(3)34(21)41)22(2)16-25-20-47-32(38-25)19-44-36(43)27-14-9-12-24-11-6-7-13-26(24)27/h6-7,9,11-14,16,20-21,23,28-31,34,39,41H,8,10,15,17-19H2,1-5H3. The number of nitrogens with zero attached hydrogens (tertiary/aromatic N) is 1. The number of aliphatic hydroxyl groups is 2. The summed E-state index contributed by atoms with van der Waals surface area (Å²) in [6, 6.07) is 13.2. The highest BCUT2D eigenvalue weighted by Crippen LogP contribution is 2.36. The van der Waals surface area contributed by atoms with Crippen molar-refractivity contribution < 1.29 is 38.8 Å². The van der Waals surface area contributed by atoms with Crippen LogP contribution < -0.4 is 0 Å². The van der Waals surface area contributed by atoms with Crippen molar-refractivity contribution in [2.24, 2.45) is 17.3 Å². The van der Waals surface area contributed by atoms with Crippen LogP contribution in [0.25, 0.3) is 16.8 Å². The Morgan fingerprint density at radius 3 is 2.62 bits per heavy atom. The van der Waals surface area contributed by atoms with Crippen LogP contribution in [0.15, 0.2) is 53.4 Å². The molecular formula is C37H45NO8S. The number of epoxide rings is 1. The molecule has 47 heavy (non-hydrogen) atoms. The number of rotatable bonds is 5. The third-order valence-electron chi connectivity index (χ3n) is 9.68. The normalized spacial score (nSPS) is 29.2. The summed E-state index contributed by atoms with van der Waals surface area (Å²) in [5.74, 6) is -2.12. The Morgan fingerprint density at radius 1 is 1.09 bits per heavy atom. The minimum Gasteiger partial charge on any atom is -0.458 e. The van der Waals surface area contributed by atoms with Gasteiger partial charge in [0.05, 0.1) is 47.5 Å². The predicted molar refractivity (Wildman–Crippen MR) is 180 cm³/mol. The first kappa shape index (κ1) is 34.9. The summed E-state index contributed by atoms with van der Waals surface area (Å²) in [4.78, 5) is 44.0. The molecule has 0 amide bonds. The van der Waals surface area contributed by atoms with Gasteiger partial charge in [0.1, 0.15) is 23.5 Å². The van der Waals surface area contributed by atoms with Crippen molar-refractivity contribution in [3.05, 3.63) is 69.7 Å². The third-order valence-corrected chi connectivity index (χ3v) is 10.5. The van der Waals surface area contributed by atoms with Gasteiger partial charge in [0.15, 0.2) is 0 Å². The molecule has 3 aromatic rings. The minimum absolute atomic E-state index is 0.0241. The molecule has 2 aliphatic rings. The summed E-state index contributed by atoms with van der Waals surface area (Å²) in [6.45, 7) is 8.72. The minimum atomic E-state index is -1.28. The van der Waals surface area contributed by atoms with Crippen molar-refractivity contribution in [2.45, 2.75) is 104 Å². The lowest BCUT2D eigenvalue weighted by molar-refractivity contribution is -0.154. The number of esters is 2. The van der Waals surface area contributed by atoms with E-state index in [1.165, 1.54) is 11.3 Å². The van der Waals surface area contributed by atoms with Gasteiger partial charge in [0.25, 0.3) is 0 Å². The Morgan fingerprint density at radius 2 is 1.83 bits per heavy atom. The molecule has 2 aromatic carbocycles. The van der Waals surface area contributed by atoms with Crippen LogP contribution in [-0.2, 0) is 30.4 Å². The first-order valence-electron chi connectivity index (χ1n) is 16.4. The number of aliphatic hydroxyl groups excluding tert-OH is 2. The van der Waals surface area contributed by atoms with Crippen LogP contribution in [0.4, 0.5) is 0 Å². The molecule has 7 atom stereocenters. The average molecular weight is 664 g/mol. The average Bonchev–Trinajstić information content (AvgIpc) is 3.63. The molecule has 10 heteroatoms. The van der Waals surface area contributed by atoms with Crippen molar-refractivity contribution in [3.8, 4) is 0 Å². The number of hydrogen-bond donors (Lipinski definition) is 2. The van der Waals surface area contributed by atoms with Gasteiger partial charge in [-0.2, -0.15) is 0 Å². The summed E-state index contributed by atoms with van der Waals surface area (Å²) in [6.07, 6.45) is 1.53. The number of Topliss-reactive ketones (excluding diaryl/α,β-unsaturated/α-hetero) is 1. The molecule has 9 nitrogen and oxygen atoms in total. The van der Waals surface area contributed by atoms with E-state index in [1.54, 1.807) is 26.8 Å². The van der Waals surface area contributed by atoms with E-state index in [2.05, 4.69) is 4.98 Å². The monoisotopic (exact) mass is 663 g/mol. The fraction of sp³-hybridized carbons (Fsp3) is 0.514. The number of aromatic nitrogens is 1. The molecule has 2 aliphatic heterocycles. The van der Waals surface area contributed by atoms with Crippen molar-refractivity contribution >= 4 is 45.9 Å². The van der Waals surface area contributed by atoms with Gasteiger partial charge in [-0.15, -0.1) is 11.3 Å².